The second kappa shape index (κ2) is 8.44. The summed E-state index contributed by atoms with van der Waals surface area (Å²) in [6.45, 7) is 6.17. The fourth-order valence-electron chi connectivity index (χ4n) is 2.93. The number of ether oxygens (including phenoxy) is 1. The van der Waals surface area contributed by atoms with Gasteiger partial charge in [-0.2, -0.15) is 0 Å². The largest absolute Gasteiger partial charge is 0.372 e. The number of benzene rings is 1. The molecule has 1 aromatic carbocycles. The predicted octanol–water partition coefficient (Wildman–Crippen LogP) is 2.60. The van der Waals surface area contributed by atoms with Gasteiger partial charge in [-0.05, 0) is 45.1 Å². The third kappa shape index (κ3) is 5.18. The highest BCUT2D eigenvalue weighted by Crippen LogP contribution is 2.15. The first kappa shape index (κ1) is 18.7. The van der Waals surface area contributed by atoms with Crippen molar-refractivity contribution < 1.29 is 13.9 Å². The van der Waals surface area contributed by atoms with Crippen molar-refractivity contribution in [1.82, 2.24) is 15.1 Å². The van der Waals surface area contributed by atoms with Crippen LogP contribution in [0.4, 0.5) is 9.18 Å². The molecule has 0 aromatic heterocycles. The average molecular weight is 337 g/mol. The molecule has 0 radical (unpaired) electrons. The Labute approximate surface area is 143 Å². The summed E-state index contributed by atoms with van der Waals surface area (Å²) in [7, 11) is 3.80. The van der Waals surface area contributed by atoms with Gasteiger partial charge in [-0.15, -0.1) is 0 Å². The minimum absolute atomic E-state index is 0.0481. The number of nitrogens with one attached hydrogen (secondary N) is 1. The molecular weight excluding hydrogens is 309 g/mol. The van der Waals surface area contributed by atoms with Crippen molar-refractivity contribution in [3.8, 4) is 0 Å². The lowest BCUT2D eigenvalue weighted by Crippen LogP contribution is -2.52. The molecule has 1 fully saturated rings. The molecule has 0 aliphatic carbocycles. The number of urea groups is 1. The van der Waals surface area contributed by atoms with E-state index >= 15 is 0 Å². The standard InChI is InChI=1S/C18H28FN3O2/c1-5-16-12-22(10-13(2)24-16)18(23)20-9-14-6-7-17(19)15(8-14)11-21(3)4/h6-8,13,16H,5,9-12H2,1-4H3,(H,20,23)/t13-,16-/m1/s1. The number of morpholine rings is 1. The topological polar surface area (TPSA) is 44.8 Å². The normalized spacial score (nSPS) is 21.2. The second-order valence-corrected chi connectivity index (χ2v) is 6.70. The van der Waals surface area contributed by atoms with Gasteiger partial charge >= 0.3 is 6.03 Å². The van der Waals surface area contributed by atoms with Gasteiger partial charge in [-0.25, -0.2) is 9.18 Å². The first-order chi connectivity index (χ1) is 11.4. The molecule has 0 saturated carbocycles. The van der Waals surface area contributed by atoms with Gasteiger partial charge in [0, 0.05) is 31.7 Å². The third-order valence-electron chi connectivity index (χ3n) is 4.11. The Bertz CT molecular complexity index is 565. The summed E-state index contributed by atoms with van der Waals surface area (Å²) in [5, 5.41) is 2.93. The predicted molar refractivity (Wildman–Crippen MR) is 92.2 cm³/mol. The number of rotatable bonds is 5. The van der Waals surface area contributed by atoms with E-state index in [-0.39, 0.29) is 24.1 Å². The molecule has 0 spiro atoms. The molecule has 1 saturated heterocycles. The Morgan fingerprint density at radius 3 is 2.83 bits per heavy atom. The van der Waals surface area contributed by atoms with Crippen LogP contribution in [0.25, 0.3) is 0 Å². The Morgan fingerprint density at radius 2 is 2.17 bits per heavy atom. The van der Waals surface area contributed by atoms with E-state index in [9.17, 15) is 9.18 Å². The molecule has 5 nitrogen and oxygen atoms in total. The van der Waals surface area contributed by atoms with E-state index in [1.807, 2.05) is 32.0 Å². The number of carbonyl (C=O) groups is 1. The lowest BCUT2D eigenvalue weighted by molar-refractivity contribution is -0.0646. The molecule has 24 heavy (non-hydrogen) atoms. The summed E-state index contributed by atoms with van der Waals surface area (Å²) < 4.78 is 19.6. The zero-order valence-electron chi connectivity index (χ0n) is 15.0. The zero-order chi connectivity index (χ0) is 17.7. The van der Waals surface area contributed by atoms with Gasteiger partial charge in [0.1, 0.15) is 5.82 Å². The van der Waals surface area contributed by atoms with Crippen LogP contribution in [-0.4, -0.2) is 55.2 Å². The van der Waals surface area contributed by atoms with Crippen LogP contribution in [0.3, 0.4) is 0 Å². The molecule has 1 aliphatic heterocycles. The highest BCUT2D eigenvalue weighted by molar-refractivity contribution is 5.74. The third-order valence-corrected chi connectivity index (χ3v) is 4.11. The fourth-order valence-corrected chi connectivity index (χ4v) is 2.93. The summed E-state index contributed by atoms with van der Waals surface area (Å²) in [6.07, 6.45) is 1.03. The first-order valence-corrected chi connectivity index (χ1v) is 8.49. The number of hydrogen-bond acceptors (Lipinski definition) is 3. The summed E-state index contributed by atoms with van der Waals surface area (Å²) in [6, 6.07) is 4.89. The van der Waals surface area contributed by atoms with Gasteiger partial charge < -0.3 is 19.9 Å². The van der Waals surface area contributed by atoms with Crippen molar-refractivity contribution >= 4 is 6.03 Å². The fraction of sp³-hybridized carbons (Fsp3) is 0.611. The first-order valence-electron chi connectivity index (χ1n) is 8.49. The van der Waals surface area contributed by atoms with Gasteiger partial charge in [0.2, 0.25) is 0 Å². The number of nitrogens with zero attached hydrogens (tertiary/aromatic N) is 2. The Kier molecular flexibility index (Phi) is 6.57. The van der Waals surface area contributed by atoms with Crippen LogP contribution in [0.2, 0.25) is 0 Å². The van der Waals surface area contributed by atoms with E-state index < -0.39 is 0 Å². The molecule has 6 heteroatoms. The summed E-state index contributed by atoms with van der Waals surface area (Å²) in [5.74, 6) is -0.216. The molecule has 1 aromatic rings. The van der Waals surface area contributed by atoms with Crippen molar-refractivity contribution in [2.75, 3.05) is 27.2 Å². The molecule has 134 valence electrons. The van der Waals surface area contributed by atoms with Gasteiger partial charge in [0.15, 0.2) is 0 Å². The summed E-state index contributed by atoms with van der Waals surface area (Å²) in [4.78, 5) is 16.1. The summed E-state index contributed by atoms with van der Waals surface area (Å²) >= 11 is 0. The van der Waals surface area contributed by atoms with Crippen molar-refractivity contribution in [3.05, 3.63) is 35.1 Å². The minimum atomic E-state index is -0.216. The maximum Gasteiger partial charge on any atom is 0.317 e. The number of amides is 2. The van der Waals surface area contributed by atoms with E-state index in [0.717, 1.165) is 12.0 Å². The van der Waals surface area contributed by atoms with Crippen LogP contribution >= 0.6 is 0 Å². The van der Waals surface area contributed by atoms with Crippen LogP contribution in [0.5, 0.6) is 0 Å². The number of halogens is 1. The van der Waals surface area contributed by atoms with Crippen LogP contribution in [0, 0.1) is 5.82 Å². The van der Waals surface area contributed by atoms with Crippen molar-refractivity contribution in [2.45, 2.75) is 45.6 Å². The van der Waals surface area contributed by atoms with E-state index in [1.165, 1.54) is 6.07 Å². The SMILES string of the molecule is CC[C@@H]1CN(C(=O)NCc2ccc(F)c(CN(C)C)c2)C[C@@H](C)O1. The molecule has 2 rings (SSSR count). The Hall–Kier alpha value is -1.66. The van der Waals surface area contributed by atoms with E-state index in [4.69, 9.17) is 4.74 Å². The smallest absolute Gasteiger partial charge is 0.317 e. The van der Waals surface area contributed by atoms with Crippen LogP contribution < -0.4 is 5.32 Å². The van der Waals surface area contributed by atoms with Crippen LogP contribution in [0.15, 0.2) is 18.2 Å². The number of carbonyl (C=O) groups excluding carboxylic acids is 1. The minimum Gasteiger partial charge on any atom is -0.372 e. The monoisotopic (exact) mass is 337 g/mol. The quantitative estimate of drug-likeness (QED) is 0.898. The van der Waals surface area contributed by atoms with Crippen molar-refractivity contribution in [3.63, 3.8) is 0 Å². The van der Waals surface area contributed by atoms with E-state index in [1.54, 1.807) is 11.0 Å². The maximum atomic E-state index is 13.8. The lowest BCUT2D eigenvalue weighted by atomic mass is 10.1. The number of hydrogen-bond donors (Lipinski definition) is 1. The molecule has 0 unspecified atom stereocenters. The molecular formula is C18H28FN3O2. The Morgan fingerprint density at radius 1 is 1.42 bits per heavy atom. The van der Waals surface area contributed by atoms with E-state index in [0.29, 0.717) is 31.7 Å². The maximum absolute atomic E-state index is 13.8. The van der Waals surface area contributed by atoms with Crippen molar-refractivity contribution in [1.29, 1.82) is 0 Å². The molecule has 2 amide bonds. The zero-order valence-corrected chi connectivity index (χ0v) is 15.0. The van der Waals surface area contributed by atoms with Gasteiger partial charge in [-0.3, -0.25) is 0 Å². The molecule has 1 N–H and O–H groups in total. The average Bonchev–Trinajstić information content (AvgIpc) is 2.54. The second-order valence-electron chi connectivity index (χ2n) is 6.70. The molecule has 1 heterocycles. The van der Waals surface area contributed by atoms with Gasteiger partial charge in [0.05, 0.1) is 12.2 Å². The van der Waals surface area contributed by atoms with Crippen LogP contribution in [0.1, 0.15) is 31.4 Å². The molecule has 2 atom stereocenters. The van der Waals surface area contributed by atoms with Crippen molar-refractivity contribution in [2.24, 2.45) is 0 Å². The van der Waals surface area contributed by atoms with Gasteiger partial charge in [-0.1, -0.05) is 13.0 Å². The molecule has 1 aliphatic rings. The lowest BCUT2D eigenvalue weighted by Gasteiger charge is -2.36. The highest BCUT2D eigenvalue weighted by Gasteiger charge is 2.27. The molecule has 0 bridgehead atoms. The Balaban J connectivity index is 1.94. The summed E-state index contributed by atoms with van der Waals surface area (Å²) in [5.41, 5.74) is 1.53. The highest BCUT2D eigenvalue weighted by atomic mass is 19.1. The van der Waals surface area contributed by atoms with Crippen LogP contribution in [-0.2, 0) is 17.8 Å². The van der Waals surface area contributed by atoms with E-state index in [2.05, 4.69) is 12.2 Å². The van der Waals surface area contributed by atoms with Gasteiger partial charge in [0.25, 0.3) is 0 Å².